The number of hydrogen-bond donors (Lipinski definition) is 1. The zero-order valence-corrected chi connectivity index (χ0v) is 10.9. The number of rotatable bonds is 3. The summed E-state index contributed by atoms with van der Waals surface area (Å²) >= 11 is 6.05. The van der Waals surface area contributed by atoms with Crippen LogP contribution in [-0.4, -0.2) is 16.0 Å². The van der Waals surface area contributed by atoms with Crippen LogP contribution in [0.1, 0.15) is 50.8 Å². The topological polar surface area (TPSA) is 37.8 Å². The third kappa shape index (κ3) is 2.54. The van der Waals surface area contributed by atoms with Crippen molar-refractivity contribution in [2.45, 2.75) is 51.0 Å². The van der Waals surface area contributed by atoms with Crippen molar-refractivity contribution in [3.8, 4) is 0 Å². The highest BCUT2D eigenvalue weighted by Crippen LogP contribution is 2.39. The summed E-state index contributed by atoms with van der Waals surface area (Å²) in [5.74, 6) is 3.11. The van der Waals surface area contributed by atoms with Crippen LogP contribution in [-0.2, 0) is 0 Å². The zero-order chi connectivity index (χ0) is 11.8. The van der Waals surface area contributed by atoms with Gasteiger partial charge in [0.2, 0.25) is 0 Å². The van der Waals surface area contributed by atoms with Gasteiger partial charge in [0, 0.05) is 18.0 Å². The third-order valence-corrected chi connectivity index (χ3v) is 4.04. The predicted molar refractivity (Wildman–Crippen MR) is 69.4 cm³/mol. The molecule has 0 spiro atoms. The van der Waals surface area contributed by atoms with E-state index in [2.05, 4.69) is 22.2 Å². The fourth-order valence-corrected chi connectivity index (χ4v) is 2.77. The smallest absolute Gasteiger partial charge is 0.135 e. The molecule has 1 heterocycles. The average molecular weight is 252 g/mol. The van der Waals surface area contributed by atoms with Crippen LogP contribution in [0, 0.1) is 5.92 Å². The number of aromatic nitrogens is 2. The summed E-state index contributed by atoms with van der Waals surface area (Å²) < 4.78 is 0. The summed E-state index contributed by atoms with van der Waals surface area (Å²) in [6.45, 7) is 2.30. The van der Waals surface area contributed by atoms with E-state index in [0.717, 1.165) is 17.6 Å². The van der Waals surface area contributed by atoms with Crippen molar-refractivity contribution in [2.24, 2.45) is 5.92 Å². The van der Waals surface area contributed by atoms with Crippen LogP contribution in [0.5, 0.6) is 0 Å². The first-order valence-corrected chi connectivity index (χ1v) is 6.91. The Morgan fingerprint density at radius 2 is 2.06 bits per heavy atom. The minimum absolute atomic E-state index is 0.549. The first kappa shape index (κ1) is 11.3. The van der Waals surface area contributed by atoms with Gasteiger partial charge in [-0.2, -0.15) is 0 Å². The Morgan fingerprint density at radius 3 is 2.71 bits per heavy atom. The first-order chi connectivity index (χ1) is 8.22. The van der Waals surface area contributed by atoms with E-state index in [-0.39, 0.29) is 0 Å². The fraction of sp³-hybridized carbons (Fsp3) is 0.692. The van der Waals surface area contributed by atoms with Crippen LogP contribution >= 0.6 is 11.6 Å². The van der Waals surface area contributed by atoms with Gasteiger partial charge < -0.3 is 5.32 Å². The Morgan fingerprint density at radius 1 is 1.24 bits per heavy atom. The Kier molecular flexibility index (Phi) is 2.95. The van der Waals surface area contributed by atoms with Crippen LogP contribution < -0.4 is 5.32 Å². The van der Waals surface area contributed by atoms with E-state index in [4.69, 9.17) is 11.6 Å². The second-order valence-corrected chi connectivity index (χ2v) is 5.75. The van der Waals surface area contributed by atoms with Gasteiger partial charge >= 0.3 is 0 Å². The molecule has 1 N–H and O–H groups in total. The highest BCUT2D eigenvalue weighted by atomic mass is 35.5. The Balaban J connectivity index is 1.77. The van der Waals surface area contributed by atoms with Gasteiger partial charge in [-0.1, -0.05) is 24.9 Å². The maximum atomic E-state index is 6.05. The van der Waals surface area contributed by atoms with Crippen LogP contribution in [0.4, 0.5) is 5.82 Å². The largest absolute Gasteiger partial charge is 0.367 e. The molecule has 0 aromatic carbocycles. The lowest BCUT2D eigenvalue weighted by Crippen LogP contribution is -2.22. The molecule has 4 heteroatoms. The average Bonchev–Trinajstić information content (AvgIpc) is 3.05. The third-order valence-electron chi connectivity index (χ3n) is 3.85. The summed E-state index contributed by atoms with van der Waals surface area (Å²) in [6.07, 6.45) is 6.28. The Bertz CT molecular complexity index is 417. The summed E-state index contributed by atoms with van der Waals surface area (Å²) in [7, 11) is 0. The van der Waals surface area contributed by atoms with E-state index >= 15 is 0 Å². The second kappa shape index (κ2) is 4.45. The molecule has 0 bridgehead atoms. The maximum absolute atomic E-state index is 6.05. The maximum Gasteiger partial charge on any atom is 0.135 e. The molecule has 0 amide bonds. The molecule has 2 aliphatic carbocycles. The Labute approximate surface area is 107 Å². The predicted octanol–water partition coefficient (Wildman–Crippen LogP) is 3.61. The normalized spacial score (nSPS) is 28.4. The van der Waals surface area contributed by atoms with Gasteiger partial charge in [0.25, 0.3) is 0 Å². The van der Waals surface area contributed by atoms with Gasteiger partial charge in [0.1, 0.15) is 16.8 Å². The van der Waals surface area contributed by atoms with E-state index in [9.17, 15) is 0 Å². The molecule has 17 heavy (non-hydrogen) atoms. The van der Waals surface area contributed by atoms with Crippen molar-refractivity contribution in [2.75, 3.05) is 5.32 Å². The molecule has 3 rings (SSSR count). The quantitative estimate of drug-likeness (QED) is 0.834. The highest BCUT2D eigenvalue weighted by molar-refractivity contribution is 6.29. The summed E-state index contributed by atoms with van der Waals surface area (Å²) in [4.78, 5) is 8.89. The van der Waals surface area contributed by atoms with Gasteiger partial charge in [-0.15, -0.1) is 0 Å². The monoisotopic (exact) mass is 251 g/mol. The summed E-state index contributed by atoms with van der Waals surface area (Å²) in [5, 5.41) is 4.08. The van der Waals surface area contributed by atoms with E-state index in [1.165, 1.54) is 32.1 Å². The molecule has 2 fully saturated rings. The molecule has 2 atom stereocenters. The van der Waals surface area contributed by atoms with Crippen LogP contribution in [0.15, 0.2) is 6.07 Å². The van der Waals surface area contributed by atoms with Crippen molar-refractivity contribution in [3.05, 3.63) is 17.0 Å². The van der Waals surface area contributed by atoms with Crippen molar-refractivity contribution in [1.82, 2.24) is 9.97 Å². The first-order valence-electron chi connectivity index (χ1n) is 6.53. The number of anilines is 1. The van der Waals surface area contributed by atoms with Gasteiger partial charge in [0.05, 0.1) is 0 Å². The van der Waals surface area contributed by atoms with E-state index in [0.29, 0.717) is 17.1 Å². The standard InChI is InChI=1S/C13H18ClN3/c1-8-3-2-4-10(8)15-12-7-11(14)16-13(17-12)9-5-6-9/h7-10H,2-6H2,1H3,(H,15,16,17). The molecule has 2 aliphatic rings. The summed E-state index contributed by atoms with van der Waals surface area (Å²) in [6, 6.07) is 2.39. The van der Waals surface area contributed by atoms with Crippen molar-refractivity contribution in [3.63, 3.8) is 0 Å². The van der Waals surface area contributed by atoms with Gasteiger partial charge in [-0.3, -0.25) is 0 Å². The molecule has 92 valence electrons. The number of nitrogens with zero attached hydrogens (tertiary/aromatic N) is 2. The highest BCUT2D eigenvalue weighted by Gasteiger charge is 2.28. The lowest BCUT2D eigenvalue weighted by Gasteiger charge is -2.18. The van der Waals surface area contributed by atoms with Crippen molar-refractivity contribution < 1.29 is 0 Å². The van der Waals surface area contributed by atoms with E-state index in [1.54, 1.807) is 0 Å². The van der Waals surface area contributed by atoms with Crippen LogP contribution in [0.3, 0.4) is 0 Å². The van der Waals surface area contributed by atoms with Gasteiger partial charge in [-0.25, -0.2) is 9.97 Å². The zero-order valence-electron chi connectivity index (χ0n) is 10.1. The van der Waals surface area contributed by atoms with Crippen LogP contribution in [0.25, 0.3) is 0 Å². The SMILES string of the molecule is CC1CCCC1Nc1cc(Cl)nc(C2CC2)n1. The van der Waals surface area contributed by atoms with Crippen LogP contribution in [0.2, 0.25) is 5.15 Å². The van der Waals surface area contributed by atoms with Gasteiger partial charge in [0.15, 0.2) is 0 Å². The minimum Gasteiger partial charge on any atom is -0.367 e. The van der Waals surface area contributed by atoms with Gasteiger partial charge in [-0.05, 0) is 31.6 Å². The molecule has 0 saturated heterocycles. The molecule has 0 aliphatic heterocycles. The van der Waals surface area contributed by atoms with Crippen molar-refractivity contribution in [1.29, 1.82) is 0 Å². The number of nitrogens with one attached hydrogen (secondary N) is 1. The molecule has 0 radical (unpaired) electrons. The minimum atomic E-state index is 0.549. The summed E-state index contributed by atoms with van der Waals surface area (Å²) in [5.41, 5.74) is 0. The number of halogens is 1. The molecular weight excluding hydrogens is 234 g/mol. The van der Waals surface area contributed by atoms with Crippen molar-refractivity contribution >= 4 is 17.4 Å². The number of hydrogen-bond acceptors (Lipinski definition) is 3. The lowest BCUT2D eigenvalue weighted by atomic mass is 10.1. The fourth-order valence-electron chi connectivity index (χ4n) is 2.58. The van der Waals surface area contributed by atoms with E-state index in [1.807, 2.05) is 6.07 Å². The molecule has 2 saturated carbocycles. The Hall–Kier alpha value is -0.830. The molecule has 3 nitrogen and oxygen atoms in total. The lowest BCUT2D eigenvalue weighted by molar-refractivity contribution is 0.554. The molecular formula is C13H18ClN3. The van der Waals surface area contributed by atoms with E-state index < -0.39 is 0 Å². The molecule has 1 aromatic rings. The molecule has 1 aromatic heterocycles. The molecule has 2 unspecified atom stereocenters. The second-order valence-electron chi connectivity index (χ2n) is 5.37.